The Hall–Kier alpha value is -1.84. The molecule has 0 saturated carbocycles. The highest BCUT2D eigenvalue weighted by Crippen LogP contribution is 2.31. The molecule has 2 heterocycles. The van der Waals surface area contributed by atoms with Gasteiger partial charge in [0.15, 0.2) is 6.54 Å². The van der Waals surface area contributed by atoms with Gasteiger partial charge in [0.25, 0.3) is 5.91 Å². The number of carbonyl (C=O) groups excluding carboxylic acids is 1. The predicted molar refractivity (Wildman–Crippen MR) is 109 cm³/mol. The number of nitrogens with zero attached hydrogens (tertiary/aromatic N) is 2. The van der Waals surface area contributed by atoms with Crippen LogP contribution in [0.15, 0.2) is 23.1 Å². The lowest BCUT2D eigenvalue weighted by atomic mass is 10.0. The molecule has 8 nitrogen and oxygen atoms in total. The van der Waals surface area contributed by atoms with E-state index in [1.165, 1.54) is 42.3 Å². The van der Waals surface area contributed by atoms with Crippen molar-refractivity contribution in [2.75, 3.05) is 53.5 Å². The van der Waals surface area contributed by atoms with Crippen molar-refractivity contribution in [3.8, 4) is 11.5 Å². The molecule has 2 atom stereocenters. The van der Waals surface area contributed by atoms with Crippen LogP contribution >= 0.6 is 0 Å². The van der Waals surface area contributed by atoms with Gasteiger partial charge in [0.2, 0.25) is 10.0 Å². The van der Waals surface area contributed by atoms with Gasteiger partial charge < -0.3 is 19.3 Å². The van der Waals surface area contributed by atoms with Crippen LogP contribution in [0.25, 0.3) is 0 Å². The molecule has 9 heteroatoms. The second-order valence-electron chi connectivity index (χ2n) is 7.78. The van der Waals surface area contributed by atoms with E-state index in [0.717, 1.165) is 13.0 Å². The van der Waals surface area contributed by atoms with E-state index in [-0.39, 0.29) is 29.6 Å². The Bertz CT molecular complexity index is 821. The number of benzene rings is 1. The minimum absolute atomic E-state index is 0.0886. The van der Waals surface area contributed by atoms with Crippen molar-refractivity contribution in [2.24, 2.45) is 0 Å². The summed E-state index contributed by atoms with van der Waals surface area (Å²) >= 11 is 0. The van der Waals surface area contributed by atoms with Gasteiger partial charge in [-0.05, 0) is 38.3 Å². The minimum Gasteiger partial charge on any atom is -0.497 e. The summed E-state index contributed by atoms with van der Waals surface area (Å²) in [5.41, 5.74) is 0. The second kappa shape index (κ2) is 9.32. The Balaban J connectivity index is 1.64. The molecule has 2 saturated heterocycles. The second-order valence-corrected chi connectivity index (χ2v) is 9.69. The van der Waals surface area contributed by atoms with Crippen LogP contribution in [0.1, 0.15) is 26.2 Å². The summed E-state index contributed by atoms with van der Waals surface area (Å²) in [5.74, 6) is 0.855. The molecule has 1 unspecified atom stereocenters. The molecule has 1 aromatic rings. The first-order valence-electron chi connectivity index (χ1n) is 10.2. The number of ether oxygens (including phenoxy) is 2. The number of sulfonamides is 1. The summed E-state index contributed by atoms with van der Waals surface area (Å²) in [4.78, 5) is 16.0. The number of hydrogen-bond acceptors (Lipinski definition) is 5. The van der Waals surface area contributed by atoms with Crippen LogP contribution in [-0.4, -0.2) is 83.1 Å². The van der Waals surface area contributed by atoms with E-state index < -0.39 is 10.0 Å². The zero-order valence-electron chi connectivity index (χ0n) is 17.5. The van der Waals surface area contributed by atoms with E-state index in [4.69, 9.17) is 9.47 Å². The molecule has 0 spiro atoms. The van der Waals surface area contributed by atoms with Gasteiger partial charge in [-0.1, -0.05) is 0 Å². The van der Waals surface area contributed by atoms with Gasteiger partial charge >= 0.3 is 0 Å². The lowest BCUT2D eigenvalue weighted by Crippen LogP contribution is -3.17. The van der Waals surface area contributed by atoms with E-state index in [2.05, 4.69) is 6.92 Å². The van der Waals surface area contributed by atoms with E-state index in [0.29, 0.717) is 31.4 Å². The van der Waals surface area contributed by atoms with Gasteiger partial charge in [0.1, 0.15) is 16.4 Å². The maximum Gasteiger partial charge on any atom is 0.277 e. The summed E-state index contributed by atoms with van der Waals surface area (Å²) in [6.45, 7) is 5.11. The van der Waals surface area contributed by atoms with Crippen molar-refractivity contribution >= 4 is 15.9 Å². The number of rotatable bonds is 6. The first-order valence-corrected chi connectivity index (χ1v) is 11.7. The number of nitrogens with one attached hydrogen (secondary N) is 1. The van der Waals surface area contributed by atoms with Gasteiger partial charge in [0, 0.05) is 32.2 Å². The van der Waals surface area contributed by atoms with Crippen LogP contribution in [0.5, 0.6) is 11.5 Å². The average Bonchev–Trinajstić information content (AvgIpc) is 2.74. The monoisotopic (exact) mass is 426 g/mol. The maximum absolute atomic E-state index is 13.2. The van der Waals surface area contributed by atoms with Gasteiger partial charge in [-0.2, -0.15) is 4.31 Å². The quantitative estimate of drug-likeness (QED) is 0.692. The average molecular weight is 427 g/mol. The lowest BCUT2D eigenvalue weighted by Gasteiger charge is -2.36. The van der Waals surface area contributed by atoms with Crippen molar-refractivity contribution in [1.82, 2.24) is 9.21 Å². The summed E-state index contributed by atoms with van der Waals surface area (Å²) in [6.07, 6.45) is 3.57. The summed E-state index contributed by atoms with van der Waals surface area (Å²) < 4.78 is 38.1. The Morgan fingerprint density at radius 3 is 2.48 bits per heavy atom. The fourth-order valence-corrected chi connectivity index (χ4v) is 5.72. The third kappa shape index (κ3) is 4.84. The normalized spacial score (nSPS) is 23.6. The molecule has 29 heavy (non-hydrogen) atoms. The summed E-state index contributed by atoms with van der Waals surface area (Å²) in [5, 5.41) is 0. The molecule has 2 aliphatic heterocycles. The van der Waals surface area contributed by atoms with Crippen LogP contribution in [0.4, 0.5) is 0 Å². The third-order valence-electron chi connectivity index (χ3n) is 6.04. The standard InChI is InChI=1S/C20H31N3O5S/c1-16-6-4-5-9-22(16)15-20(24)21-10-12-23(13-11-21)29(25,26)19-14-17(27-2)7-8-18(19)28-3/h7-8,14,16H,4-6,9-13,15H2,1-3H3/p+1/t16-/m0/s1. The number of likely N-dealkylation sites (tertiary alicyclic amines) is 1. The van der Waals surface area contributed by atoms with Crippen molar-refractivity contribution in [3.63, 3.8) is 0 Å². The predicted octanol–water partition coefficient (Wildman–Crippen LogP) is -0.00600. The molecule has 1 aromatic carbocycles. The van der Waals surface area contributed by atoms with Crippen LogP contribution < -0.4 is 14.4 Å². The minimum atomic E-state index is -3.74. The van der Waals surface area contributed by atoms with Crippen molar-refractivity contribution in [3.05, 3.63) is 18.2 Å². The number of amides is 1. The van der Waals surface area contributed by atoms with E-state index in [1.54, 1.807) is 17.0 Å². The Labute approximate surface area is 173 Å². The van der Waals surface area contributed by atoms with Gasteiger partial charge in [0.05, 0.1) is 26.8 Å². The molecule has 0 radical (unpaired) electrons. The molecule has 2 fully saturated rings. The van der Waals surface area contributed by atoms with Gasteiger partial charge in [-0.3, -0.25) is 4.79 Å². The number of piperidine rings is 1. The molecule has 0 aliphatic carbocycles. The van der Waals surface area contributed by atoms with Crippen molar-refractivity contribution < 1.29 is 27.6 Å². The van der Waals surface area contributed by atoms with E-state index in [1.807, 2.05) is 0 Å². The van der Waals surface area contributed by atoms with Crippen LogP contribution in [0, 0.1) is 0 Å². The topological polar surface area (TPSA) is 80.6 Å². The highest BCUT2D eigenvalue weighted by Gasteiger charge is 2.34. The highest BCUT2D eigenvalue weighted by molar-refractivity contribution is 7.89. The molecule has 0 aromatic heterocycles. The number of carbonyl (C=O) groups is 1. The zero-order chi connectivity index (χ0) is 21.0. The molecule has 1 N–H and O–H groups in total. The molecule has 162 valence electrons. The van der Waals surface area contributed by atoms with Crippen LogP contribution in [-0.2, 0) is 14.8 Å². The molecule has 2 aliphatic rings. The largest absolute Gasteiger partial charge is 0.497 e. The van der Waals surface area contributed by atoms with Gasteiger partial charge in [-0.15, -0.1) is 0 Å². The fourth-order valence-electron chi connectivity index (χ4n) is 4.12. The van der Waals surface area contributed by atoms with Crippen molar-refractivity contribution in [2.45, 2.75) is 37.1 Å². The smallest absolute Gasteiger partial charge is 0.277 e. The SMILES string of the molecule is COc1ccc(OC)c(S(=O)(=O)N2CCN(C(=O)C[NH+]3CCCC[C@@H]3C)CC2)c1. The Kier molecular flexibility index (Phi) is 7.02. The van der Waals surface area contributed by atoms with E-state index >= 15 is 0 Å². The molecule has 0 bridgehead atoms. The molecule has 3 rings (SSSR count). The Morgan fingerprint density at radius 2 is 1.86 bits per heavy atom. The maximum atomic E-state index is 13.2. The third-order valence-corrected chi connectivity index (χ3v) is 7.96. The Morgan fingerprint density at radius 1 is 1.14 bits per heavy atom. The number of quaternary nitrogens is 1. The summed E-state index contributed by atoms with van der Waals surface area (Å²) in [6, 6.07) is 5.24. The van der Waals surface area contributed by atoms with Gasteiger partial charge in [-0.25, -0.2) is 8.42 Å². The molecule has 1 amide bonds. The van der Waals surface area contributed by atoms with E-state index in [9.17, 15) is 13.2 Å². The lowest BCUT2D eigenvalue weighted by molar-refractivity contribution is -0.921. The first kappa shape index (κ1) is 21.9. The number of hydrogen-bond donors (Lipinski definition) is 1. The first-order chi connectivity index (χ1) is 13.9. The van der Waals surface area contributed by atoms with Crippen LogP contribution in [0.2, 0.25) is 0 Å². The number of methoxy groups -OCH3 is 2. The summed E-state index contributed by atoms with van der Waals surface area (Å²) in [7, 11) is -0.798. The highest BCUT2D eigenvalue weighted by atomic mass is 32.2. The fraction of sp³-hybridized carbons (Fsp3) is 0.650. The zero-order valence-corrected chi connectivity index (χ0v) is 18.3. The van der Waals surface area contributed by atoms with Crippen molar-refractivity contribution in [1.29, 1.82) is 0 Å². The molecular weight excluding hydrogens is 394 g/mol. The van der Waals surface area contributed by atoms with Crippen LogP contribution in [0.3, 0.4) is 0 Å². The number of piperazine rings is 1. The molecular formula is C20H32N3O5S+.